The van der Waals surface area contributed by atoms with Crippen LogP contribution in [0.15, 0.2) is 22.7 Å². The third-order valence-corrected chi connectivity index (χ3v) is 2.84. The minimum atomic E-state index is -0.397. The highest BCUT2D eigenvalue weighted by atomic mass is 79.9. The first kappa shape index (κ1) is 12.6. The van der Waals surface area contributed by atoms with Crippen LogP contribution in [0, 0.1) is 0 Å². The monoisotopic (exact) mass is 311 g/mol. The van der Waals surface area contributed by atoms with Crippen molar-refractivity contribution in [3.05, 3.63) is 33.3 Å². The lowest BCUT2D eigenvalue weighted by Gasteiger charge is -2.09. The molecule has 1 aliphatic rings. The number of hydrogen-bond donors (Lipinski definition) is 1. The number of hydrogen-bond acceptors (Lipinski definition) is 2. The Balaban J connectivity index is 0.00000112. The zero-order valence-corrected chi connectivity index (χ0v) is 10.7. The van der Waals surface area contributed by atoms with Gasteiger partial charge >= 0.3 is 6.09 Å². The first-order valence-corrected chi connectivity index (χ1v) is 5.22. The van der Waals surface area contributed by atoms with Crippen molar-refractivity contribution in [2.75, 3.05) is 6.61 Å². The van der Waals surface area contributed by atoms with Gasteiger partial charge in [0.2, 0.25) is 0 Å². The maximum absolute atomic E-state index is 10.8. The maximum Gasteiger partial charge on any atom is 0.407 e. The molecule has 0 aliphatic carbocycles. The molecular formula is C9H8BrCl2NO2. The zero-order chi connectivity index (χ0) is 10.1. The molecule has 1 fully saturated rings. The van der Waals surface area contributed by atoms with E-state index in [1.165, 1.54) is 0 Å². The summed E-state index contributed by atoms with van der Waals surface area (Å²) in [4.78, 5) is 10.8. The fraction of sp³-hybridized carbons (Fsp3) is 0.222. The Hall–Kier alpha value is -0.450. The molecule has 0 radical (unpaired) electrons. The molecule has 1 saturated heterocycles. The van der Waals surface area contributed by atoms with E-state index in [2.05, 4.69) is 21.2 Å². The van der Waals surface area contributed by atoms with Gasteiger partial charge in [-0.3, -0.25) is 0 Å². The van der Waals surface area contributed by atoms with Gasteiger partial charge in [-0.05, 0) is 23.8 Å². The molecule has 82 valence electrons. The minimum absolute atomic E-state index is 0. The molecule has 1 aromatic carbocycles. The Morgan fingerprint density at radius 2 is 2.27 bits per heavy atom. The third kappa shape index (κ3) is 2.77. The molecule has 0 aromatic heterocycles. The quantitative estimate of drug-likeness (QED) is 0.864. The molecule has 1 heterocycles. The van der Waals surface area contributed by atoms with Crippen molar-refractivity contribution >= 4 is 46.0 Å². The summed E-state index contributed by atoms with van der Waals surface area (Å²) in [7, 11) is 0. The number of carbonyl (C=O) groups is 1. The van der Waals surface area contributed by atoms with Crippen LogP contribution < -0.4 is 5.32 Å². The van der Waals surface area contributed by atoms with Crippen LogP contribution in [0.4, 0.5) is 4.79 Å². The van der Waals surface area contributed by atoms with Crippen LogP contribution in [-0.4, -0.2) is 12.7 Å². The Morgan fingerprint density at radius 1 is 1.53 bits per heavy atom. The number of benzene rings is 1. The van der Waals surface area contributed by atoms with Gasteiger partial charge in [-0.2, -0.15) is 0 Å². The molecule has 2 rings (SSSR count). The Kier molecular flexibility index (Phi) is 4.25. The van der Waals surface area contributed by atoms with Crippen molar-refractivity contribution in [2.45, 2.75) is 6.04 Å². The van der Waals surface area contributed by atoms with Crippen LogP contribution >= 0.6 is 39.9 Å². The number of halogens is 3. The SMILES string of the molecule is Cl.O=C1N[C@H](c2cc(Br)ccc2Cl)CO1. The summed E-state index contributed by atoms with van der Waals surface area (Å²) in [6.07, 6.45) is -0.397. The number of nitrogens with one attached hydrogen (secondary N) is 1. The smallest absolute Gasteiger partial charge is 0.407 e. The summed E-state index contributed by atoms with van der Waals surface area (Å²) in [6, 6.07) is 5.36. The lowest BCUT2D eigenvalue weighted by Crippen LogP contribution is -2.18. The van der Waals surface area contributed by atoms with E-state index in [0.29, 0.717) is 11.6 Å². The van der Waals surface area contributed by atoms with Crippen molar-refractivity contribution in [1.29, 1.82) is 0 Å². The van der Waals surface area contributed by atoms with Gasteiger partial charge < -0.3 is 10.1 Å². The molecule has 1 atom stereocenters. The fourth-order valence-corrected chi connectivity index (χ4v) is 1.96. The Bertz CT molecular complexity index is 386. The normalized spacial score (nSPS) is 19.1. The topological polar surface area (TPSA) is 38.3 Å². The summed E-state index contributed by atoms with van der Waals surface area (Å²) in [5.74, 6) is 0. The predicted octanol–water partition coefficient (Wildman–Crippen LogP) is 3.31. The van der Waals surface area contributed by atoms with Crippen molar-refractivity contribution < 1.29 is 9.53 Å². The lowest BCUT2D eigenvalue weighted by atomic mass is 10.1. The van der Waals surface area contributed by atoms with Gasteiger partial charge in [0.25, 0.3) is 0 Å². The van der Waals surface area contributed by atoms with E-state index < -0.39 is 6.09 Å². The van der Waals surface area contributed by atoms with E-state index in [9.17, 15) is 4.79 Å². The number of cyclic esters (lactones) is 1. The average molecular weight is 313 g/mol. The van der Waals surface area contributed by atoms with E-state index in [-0.39, 0.29) is 18.4 Å². The lowest BCUT2D eigenvalue weighted by molar-refractivity contribution is 0.177. The Morgan fingerprint density at radius 3 is 2.87 bits per heavy atom. The van der Waals surface area contributed by atoms with Crippen molar-refractivity contribution in [3.63, 3.8) is 0 Å². The van der Waals surface area contributed by atoms with Crippen LogP contribution in [0.1, 0.15) is 11.6 Å². The number of ether oxygens (including phenoxy) is 1. The van der Waals surface area contributed by atoms with E-state index in [1.54, 1.807) is 6.07 Å². The summed E-state index contributed by atoms with van der Waals surface area (Å²) in [5.41, 5.74) is 0.867. The summed E-state index contributed by atoms with van der Waals surface area (Å²) < 4.78 is 5.72. The van der Waals surface area contributed by atoms with E-state index >= 15 is 0 Å². The van der Waals surface area contributed by atoms with Crippen molar-refractivity contribution in [3.8, 4) is 0 Å². The molecule has 0 unspecified atom stereocenters. The van der Waals surface area contributed by atoms with E-state index in [1.807, 2.05) is 12.1 Å². The van der Waals surface area contributed by atoms with Crippen LogP contribution in [0.3, 0.4) is 0 Å². The highest BCUT2D eigenvalue weighted by Crippen LogP contribution is 2.28. The molecule has 1 aromatic rings. The van der Waals surface area contributed by atoms with Gasteiger partial charge in [-0.1, -0.05) is 27.5 Å². The highest BCUT2D eigenvalue weighted by molar-refractivity contribution is 9.10. The predicted molar refractivity (Wildman–Crippen MR) is 63.6 cm³/mol. The highest BCUT2D eigenvalue weighted by Gasteiger charge is 2.25. The molecule has 1 amide bonds. The average Bonchev–Trinajstić information content (AvgIpc) is 2.56. The number of alkyl carbamates (subject to hydrolysis) is 1. The summed E-state index contributed by atoms with van der Waals surface area (Å²) in [5, 5.41) is 3.30. The number of rotatable bonds is 1. The van der Waals surface area contributed by atoms with E-state index in [0.717, 1.165) is 10.0 Å². The second-order valence-corrected chi connectivity index (χ2v) is 4.28. The number of amides is 1. The molecular weight excluding hydrogens is 305 g/mol. The van der Waals surface area contributed by atoms with Gasteiger partial charge in [0, 0.05) is 9.50 Å². The van der Waals surface area contributed by atoms with Crippen LogP contribution in [-0.2, 0) is 4.74 Å². The summed E-state index contributed by atoms with van der Waals surface area (Å²) in [6.45, 7) is 0.328. The van der Waals surface area contributed by atoms with Crippen LogP contribution in [0.2, 0.25) is 5.02 Å². The van der Waals surface area contributed by atoms with Crippen molar-refractivity contribution in [2.24, 2.45) is 0 Å². The van der Waals surface area contributed by atoms with Crippen LogP contribution in [0.25, 0.3) is 0 Å². The second kappa shape index (κ2) is 5.05. The van der Waals surface area contributed by atoms with E-state index in [4.69, 9.17) is 16.3 Å². The first-order chi connectivity index (χ1) is 6.66. The van der Waals surface area contributed by atoms with Crippen molar-refractivity contribution in [1.82, 2.24) is 5.32 Å². The molecule has 1 N–H and O–H groups in total. The minimum Gasteiger partial charge on any atom is -0.447 e. The van der Waals surface area contributed by atoms with Gasteiger partial charge in [0.05, 0.1) is 6.04 Å². The largest absolute Gasteiger partial charge is 0.447 e. The maximum atomic E-state index is 10.8. The fourth-order valence-electron chi connectivity index (χ4n) is 1.33. The van der Waals surface area contributed by atoms with Gasteiger partial charge in [-0.15, -0.1) is 12.4 Å². The first-order valence-electron chi connectivity index (χ1n) is 4.05. The van der Waals surface area contributed by atoms with Gasteiger partial charge in [-0.25, -0.2) is 4.79 Å². The molecule has 0 saturated carbocycles. The molecule has 0 bridgehead atoms. The molecule has 6 heteroatoms. The second-order valence-electron chi connectivity index (χ2n) is 2.96. The standard InChI is InChI=1S/C9H7BrClNO2.ClH/c10-5-1-2-7(11)6(3-5)8-4-14-9(13)12-8;/h1-3,8H,4H2,(H,12,13);1H/t8-;/m0./s1. The molecule has 0 spiro atoms. The molecule has 15 heavy (non-hydrogen) atoms. The zero-order valence-electron chi connectivity index (χ0n) is 7.50. The summed E-state index contributed by atoms with van der Waals surface area (Å²) >= 11 is 9.34. The molecule has 1 aliphatic heterocycles. The van der Waals surface area contributed by atoms with Gasteiger partial charge in [0.1, 0.15) is 6.61 Å². The van der Waals surface area contributed by atoms with Gasteiger partial charge in [0.15, 0.2) is 0 Å². The third-order valence-electron chi connectivity index (χ3n) is 2.01. The Labute approximate surface area is 107 Å². The number of carbonyl (C=O) groups excluding carboxylic acids is 1. The van der Waals surface area contributed by atoms with Crippen LogP contribution in [0.5, 0.6) is 0 Å². The molecule has 3 nitrogen and oxygen atoms in total.